The number of carbonyl (C=O) groups excluding carboxylic acids is 1. The van der Waals surface area contributed by atoms with Gasteiger partial charge in [-0.05, 0) is 54.6 Å². The van der Waals surface area contributed by atoms with E-state index >= 15 is 0 Å². The summed E-state index contributed by atoms with van der Waals surface area (Å²) in [6, 6.07) is 12.9. The van der Waals surface area contributed by atoms with Crippen LogP contribution in [0.5, 0.6) is 0 Å². The van der Waals surface area contributed by atoms with Gasteiger partial charge in [0.05, 0.1) is 0 Å². The third-order valence-electron chi connectivity index (χ3n) is 6.06. The number of carbonyl (C=O) groups is 1. The maximum atomic E-state index is 12.8. The fourth-order valence-corrected chi connectivity index (χ4v) is 4.74. The van der Waals surface area contributed by atoms with Crippen LogP contribution in [0.3, 0.4) is 0 Å². The molecule has 4 nitrogen and oxygen atoms in total. The number of nitrogens with zero attached hydrogens (tertiary/aromatic N) is 3. The molecule has 1 saturated heterocycles. The Bertz CT molecular complexity index is 791. The highest BCUT2D eigenvalue weighted by molar-refractivity contribution is 5.76. The summed E-state index contributed by atoms with van der Waals surface area (Å²) in [4.78, 5) is 21.6. The first kappa shape index (κ1) is 18.2. The van der Waals surface area contributed by atoms with Crippen molar-refractivity contribution in [2.75, 3.05) is 19.6 Å². The number of aromatic nitrogens is 1. The molecule has 27 heavy (non-hydrogen) atoms. The molecule has 2 aliphatic rings. The van der Waals surface area contributed by atoms with E-state index in [1.54, 1.807) is 0 Å². The highest BCUT2D eigenvalue weighted by atomic mass is 16.2. The van der Waals surface area contributed by atoms with Crippen molar-refractivity contribution in [2.24, 2.45) is 5.41 Å². The van der Waals surface area contributed by atoms with Crippen LogP contribution < -0.4 is 0 Å². The monoisotopic (exact) mass is 363 g/mol. The lowest BCUT2D eigenvalue weighted by Gasteiger charge is -2.33. The Morgan fingerprint density at radius 3 is 2.67 bits per heavy atom. The normalized spacial score (nSPS) is 22.6. The Kier molecular flexibility index (Phi) is 5.26. The van der Waals surface area contributed by atoms with E-state index in [0.717, 1.165) is 52.0 Å². The van der Waals surface area contributed by atoms with Crippen LogP contribution in [0.2, 0.25) is 0 Å². The lowest BCUT2D eigenvalue weighted by molar-refractivity contribution is -0.133. The van der Waals surface area contributed by atoms with Crippen molar-refractivity contribution in [3.63, 3.8) is 0 Å². The van der Waals surface area contributed by atoms with Crippen molar-refractivity contribution in [3.05, 3.63) is 65.5 Å². The average Bonchev–Trinajstić information content (AvgIpc) is 2.97. The van der Waals surface area contributed by atoms with Gasteiger partial charge in [0.15, 0.2) is 0 Å². The summed E-state index contributed by atoms with van der Waals surface area (Å²) in [5, 5.41) is 0. The SMILES string of the molecule is CCCC(=O)N1Cc2ccccc2CC2(CCN(Cc3ccncc3)C2)C1. The van der Waals surface area contributed by atoms with E-state index in [1.807, 2.05) is 12.4 Å². The van der Waals surface area contributed by atoms with Crippen LogP contribution in [0.15, 0.2) is 48.8 Å². The standard InChI is InChI=1S/C23H29N3O/c1-2-5-22(27)26-16-21-7-4-3-6-20(21)14-23(18-26)10-13-25(17-23)15-19-8-11-24-12-9-19/h3-4,6-9,11-12H,2,5,10,13-18H2,1H3. The molecule has 0 radical (unpaired) electrons. The number of amides is 1. The Morgan fingerprint density at radius 2 is 1.89 bits per heavy atom. The molecule has 3 heterocycles. The first-order valence-electron chi connectivity index (χ1n) is 10.1. The van der Waals surface area contributed by atoms with Gasteiger partial charge >= 0.3 is 0 Å². The second-order valence-electron chi connectivity index (χ2n) is 8.26. The summed E-state index contributed by atoms with van der Waals surface area (Å²) in [6.45, 7) is 6.86. The van der Waals surface area contributed by atoms with E-state index in [4.69, 9.17) is 0 Å². The second kappa shape index (κ2) is 7.81. The molecule has 1 amide bonds. The van der Waals surface area contributed by atoms with Crippen LogP contribution in [0, 0.1) is 5.41 Å². The zero-order valence-electron chi connectivity index (χ0n) is 16.2. The highest BCUT2D eigenvalue weighted by Crippen LogP contribution is 2.39. The Morgan fingerprint density at radius 1 is 1.11 bits per heavy atom. The van der Waals surface area contributed by atoms with Crippen molar-refractivity contribution in [1.82, 2.24) is 14.8 Å². The summed E-state index contributed by atoms with van der Waals surface area (Å²) >= 11 is 0. The molecule has 1 atom stereocenters. The minimum atomic E-state index is 0.170. The first-order chi connectivity index (χ1) is 13.2. The van der Waals surface area contributed by atoms with E-state index in [1.165, 1.54) is 16.7 Å². The summed E-state index contributed by atoms with van der Waals surface area (Å²) in [5.74, 6) is 0.307. The molecule has 1 aromatic carbocycles. The van der Waals surface area contributed by atoms with Gasteiger partial charge in [-0.2, -0.15) is 0 Å². The summed E-state index contributed by atoms with van der Waals surface area (Å²) in [6.07, 6.45) is 7.54. The van der Waals surface area contributed by atoms with Crippen molar-refractivity contribution in [3.8, 4) is 0 Å². The molecule has 0 bridgehead atoms. The van der Waals surface area contributed by atoms with Crippen LogP contribution in [-0.4, -0.2) is 40.3 Å². The van der Waals surface area contributed by atoms with Crippen molar-refractivity contribution < 1.29 is 4.79 Å². The lowest BCUT2D eigenvalue weighted by atomic mass is 9.80. The van der Waals surface area contributed by atoms with E-state index in [9.17, 15) is 4.79 Å². The van der Waals surface area contributed by atoms with Crippen LogP contribution in [0.1, 0.15) is 42.9 Å². The van der Waals surface area contributed by atoms with Gasteiger partial charge in [0.25, 0.3) is 0 Å². The van der Waals surface area contributed by atoms with E-state index in [-0.39, 0.29) is 5.41 Å². The average molecular weight is 364 g/mol. The van der Waals surface area contributed by atoms with E-state index < -0.39 is 0 Å². The van der Waals surface area contributed by atoms with Crippen LogP contribution in [-0.2, 0) is 24.3 Å². The van der Waals surface area contributed by atoms with Gasteiger partial charge in [-0.3, -0.25) is 14.7 Å². The molecule has 1 fully saturated rings. The maximum Gasteiger partial charge on any atom is 0.222 e. The number of fused-ring (bicyclic) bond motifs is 1. The highest BCUT2D eigenvalue weighted by Gasteiger charge is 2.42. The summed E-state index contributed by atoms with van der Waals surface area (Å²) in [7, 11) is 0. The minimum Gasteiger partial charge on any atom is -0.338 e. The number of hydrogen-bond acceptors (Lipinski definition) is 3. The quantitative estimate of drug-likeness (QED) is 0.832. The minimum absolute atomic E-state index is 0.170. The summed E-state index contributed by atoms with van der Waals surface area (Å²) < 4.78 is 0. The molecule has 2 aromatic rings. The van der Waals surface area contributed by atoms with Gasteiger partial charge in [-0.1, -0.05) is 31.2 Å². The number of rotatable bonds is 4. The Labute approximate surface area is 162 Å². The first-order valence-corrected chi connectivity index (χ1v) is 10.1. The smallest absolute Gasteiger partial charge is 0.222 e. The third-order valence-corrected chi connectivity index (χ3v) is 6.06. The van der Waals surface area contributed by atoms with Crippen molar-refractivity contribution in [1.29, 1.82) is 0 Å². The Hall–Kier alpha value is -2.20. The van der Waals surface area contributed by atoms with Crippen LogP contribution in [0.4, 0.5) is 0 Å². The van der Waals surface area contributed by atoms with Crippen LogP contribution in [0.25, 0.3) is 0 Å². The van der Waals surface area contributed by atoms with E-state index in [0.29, 0.717) is 12.3 Å². The lowest BCUT2D eigenvalue weighted by Crippen LogP contribution is -2.41. The molecular formula is C23H29N3O. The van der Waals surface area contributed by atoms with Gasteiger partial charge in [-0.25, -0.2) is 0 Å². The van der Waals surface area contributed by atoms with Crippen LogP contribution >= 0.6 is 0 Å². The van der Waals surface area contributed by atoms with Gasteiger partial charge in [0.1, 0.15) is 0 Å². The third kappa shape index (κ3) is 4.06. The Balaban J connectivity index is 1.56. The van der Waals surface area contributed by atoms with E-state index in [2.05, 4.69) is 58.1 Å². The topological polar surface area (TPSA) is 36.4 Å². The molecule has 0 aliphatic carbocycles. The molecule has 4 rings (SSSR count). The zero-order valence-corrected chi connectivity index (χ0v) is 16.2. The van der Waals surface area contributed by atoms with Gasteiger partial charge in [0, 0.05) is 50.4 Å². The molecule has 4 heteroatoms. The molecule has 1 unspecified atom stereocenters. The molecule has 1 spiro atoms. The van der Waals surface area contributed by atoms with Gasteiger partial charge in [-0.15, -0.1) is 0 Å². The molecule has 0 N–H and O–H groups in total. The molecule has 142 valence electrons. The fourth-order valence-electron chi connectivity index (χ4n) is 4.74. The molecule has 2 aliphatic heterocycles. The molecule has 1 aromatic heterocycles. The fraction of sp³-hybridized carbons (Fsp3) is 0.478. The predicted octanol–water partition coefficient (Wildman–Crippen LogP) is 3.66. The second-order valence-corrected chi connectivity index (χ2v) is 8.26. The molecule has 0 saturated carbocycles. The number of benzene rings is 1. The van der Waals surface area contributed by atoms with Crippen molar-refractivity contribution >= 4 is 5.91 Å². The largest absolute Gasteiger partial charge is 0.338 e. The summed E-state index contributed by atoms with van der Waals surface area (Å²) in [5.41, 5.74) is 4.24. The predicted molar refractivity (Wildman–Crippen MR) is 107 cm³/mol. The maximum absolute atomic E-state index is 12.8. The number of hydrogen-bond donors (Lipinski definition) is 0. The molecular weight excluding hydrogens is 334 g/mol. The van der Waals surface area contributed by atoms with Gasteiger partial charge in [0.2, 0.25) is 5.91 Å². The van der Waals surface area contributed by atoms with Gasteiger partial charge < -0.3 is 4.90 Å². The number of pyridine rings is 1. The number of likely N-dealkylation sites (tertiary alicyclic amines) is 1. The zero-order chi connectivity index (χ0) is 18.7. The van der Waals surface area contributed by atoms with Crippen molar-refractivity contribution in [2.45, 2.75) is 45.7 Å².